The summed E-state index contributed by atoms with van der Waals surface area (Å²) in [6.45, 7) is 2.44. The predicted octanol–water partition coefficient (Wildman–Crippen LogP) is 4.91. The first-order chi connectivity index (χ1) is 12.1. The van der Waals surface area contributed by atoms with Crippen molar-refractivity contribution in [2.45, 2.75) is 6.92 Å². The molecule has 0 aliphatic rings. The van der Waals surface area contributed by atoms with E-state index in [9.17, 15) is 9.65 Å². The number of hydrogen-bond acceptors (Lipinski definition) is 3. The van der Waals surface area contributed by atoms with Gasteiger partial charge in [0.1, 0.15) is 12.4 Å². The normalized spacial score (nSPS) is 10.7. The Balaban J connectivity index is 2.50. The molecule has 2 aromatic rings. The van der Waals surface area contributed by atoms with Crippen molar-refractivity contribution in [1.82, 2.24) is 0 Å². The van der Waals surface area contributed by atoms with Crippen molar-refractivity contribution >= 4 is 34.2 Å². The minimum atomic E-state index is -0.441. The molecule has 2 aromatic carbocycles. The number of ether oxygens (including phenoxy) is 2. The molecule has 0 aliphatic heterocycles. The van der Waals surface area contributed by atoms with Crippen LogP contribution >= 0.6 is 22.6 Å². The van der Waals surface area contributed by atoms with E-state index in [1.807, 2.05) is 19.1 Å². The van der Waals surface area contributed by atoms with E-state index in [0.29, 0.717) is 23.7 Å². The van der Waals surface area contributed by atoms with Crippen molar-refractivity contribution in [1.29, 1.82) is 5.26 Å². The Kier molecular flexibility index (Phi) is 6.85. The van der Waals surface area contributed by atoms with E-state index in [0.717, 1.165) is 3.57 Å². The van der Waals surface area contributed by atoms with Crippen molar-refractivity contribution in [2.24, 2.45) is 0 Å². The summed E-state index contributed by atoms with van der Waals surface area (Å²) in [6, 6.07) is 11.8. The molecule has 0 saturated heterocycles. The molecular formula is C20H15FINO2. The van der Waals surface area contributed by atoms with Gasteiger partial charge in [-0.05, 0) is 59.4 Å². The molecule has 0 aromatic heterocycles. The molecule has 3 nitrogen and oxygen atoms in total. The molecule has 0 atom stereocenters. The van der Waals surface area contributed by atoms with Gasteiger partial charge in [-0.3, -0.25) is 0 Å². The predicted molar refractivity (Wildman–Crippen MR) is 105 cm³/mol. The zero-order valence-corrected chi connectivity index (χ0v) is 15.7. The number of hydrogen-bond donors (Lipinski definition) is 0. The van der Waals surface area contributed by atoms with Crippen LogP contribution in [-0.2, 0) is 0 Å². The van der Waals surface area contributed by atoms with Crippen LogP contribution in [0.3, 0.4) is 0 Å². The van der Waals surface area contributed by atoms with Crippen LogP contribution in [-0.4, -0.2) is 13.2 Å². The van der Waals surface area contributed by atoms with Crippen molar-refractivity contribution in [2.75, 3.05) is 13.2 Å². The highest BCUT2D eigenvalue weighted by Crippen LogP contribution is 2.35. The topological polar surface area (TPSA) is 42.2 Å². The van der Waals surface area contributed by atoms with Gasteiger partial charge in [0, 0.05) is 5.56 Å². The van der Waals surface area contributed by atoms with Crippen LogP contribution in [0, 0.1) is 33.1 Å². The van der Waals surface area contributed by atoms with E-state index in [1.165, 1.54) is 6.07 Å². The Hall–Kier alpha value is -2.51. The molecular weight excluding hydrogens is 432 g/mol. The van der Waals surface area contributed by atoms with Gasteiger partial charge in [-0.15, -0.1) is 6.42 Å². The molecule has 126 valence electrons. The summed E-state index contributed by atoms with van der Waals surface area (Å²) >= 11 is 2.11. The lowest BCUT2D eigenvalue weighted by Crippen LogP contribution is -2.01. The maximum Gasteiger partial charge on any atom is 0.175 e. The number of halogens is 2. The molecule has 0 spiro atoms. The third kappa shape index (κ3) is 4.74. The van der Waals surface area contributed by atoms with E-state index in [1.54, 1.807) is 30.3 Å². The van der Waals surface area contributed by atoms with Crippen molar-refractivity contribution in [3.05, 3.63) is 56.9 Å². The summed E-state index contributed by atoms with van der Waals surface area (Å²) in [5, 5.41) is 9.41. The second-order valence-corrected chi connectivity index (χ2v) is 6.07. The molecule has 0 radical (unpaired) electrons. The fourth-order valence-corrected chi connectivity index (χ4v) is 2.99. The van der Waals surface area contributed by atoms with Crippen molar-refractivity contribution in [3.8, 4) is 29.9 Å². The third-order valence-corrected chi connectivity index (χ3v) is 4.03. The van der Waals surface area contributed by atoms with Crippen LogP contribution in [0.25, 0.3) is 11.6 Å². The standard InChI is InChI=1S/C20H15FINO2/c1-3-9-25-20-18(22)11-14(12-19(20)24-4-2)10-15(13-23)16-7-5-6-8-17(16)21/h1,5-8,10-12H,4,9H2,2H3/b15-10-. The molecule has 0 saturated carbocycles. The van der Waals surface area contributed by atoms with E-state index in [-0.39, 0.29) is 17.7 Å². The Morgan fingerprint density at radius 2 is 2.08 bits per heavy atom. The number of allylic oxidation sites excluding steroid dienone is 1. The van der Waals surface area contributed by atoms with Crippen LogP contribution in [0.2, 0.25) is 0 Å². The van der Waals surface area contributed by atoms with Crippen LogP contribution in [0.5, 0.6) is 11.5 Å². The summed E-state index contributed by atoms with van der Waals surface area (Å²) < 4.78 is 25.9. The minimum Gasteiger partial charge on any atom is -0.490 e. The molecule has 0 amide bonds. The largest absolute Gasteiger partial charge is 0.490 e. The summed E-state index contributed by atoms with van der Waals surface area (Å²) in [7, 11) is 0. The summed E-state index contributed by atoms with van der Waals surface area (Å²) in [4.78, 5) is 0. The van der Waals surface area contributed by atoms with Gasteiger partial charge in [0.05, 0.1) is 21.8 Å². The van der Waals surface area contributed by atoms with E-state index in [4.69, 9.17) is 15.9 Å². The van der Waals surface area contributed by atoms with Gasteiger partial charge < -0.3 is 9.47 Å². The molecule has 0 N–H and O–H groups in total. The highest BCUT2D eigenvalue weighted by atomic mass is 127. The number of rotatable bonds is 6. The average Bonchev–Trinajstić information content (AvgIpc) is 2.60. The molecule has 0 fully saturated rings. The number of benzene rings is 2. The number of nitriles is 1. The minimum absolute atomic E-state index is 0.129. The molecule has 0 unspecified atom stereocenters. The SMILES string of the molecule is C#CCOc1c(I)cc(/C=C(/C#N)c2ccccc2F)cc1OCC. The maximum absolute atomic E-state index is 14.0. The Labute approximate surface area is 160 Å². The highest BCUT2D eigenvalue weighted by molar-refractivity contribution is 14.1. The Bertz CT molecular complexity index is 878. The van der Waals surface area contributed by atoms with Gasteiger partial charge in [-0.1, -0.05) is 24.1 Å². The molecule has 0 aliphatic carbocycles. The first-order valence-corrected chi connectivity index (χ1v) is 8.57. The zero-order valence-electron chi connectivity index (χ0n) is 13.6. The van der Waals surface area contributed by atoms with Crippen LogP contribution in [0.4, 0.5) is 4.39 Å². The van der Waals surface area contributed by atoms with Crippen LogP contribution in [0.15, 0.2) is 36.4 Å². The summed E-state index contributed by atoms with van der Waals surface area (Å²) in [5.74, 6) is 3.06. The van der Waals surface area contributed by atoms with E-state index >= 15 is 0 Å². The number of nitrogens with zero attached hydrogens (tertiary/aromatic N) is 1. The number of terminal acetylenes is 1. The van der Waals surface area contributed by atoms with Crippen LogP contribution < -0.4 is 9.47 Å². The lowest BCUT2D eigenvalue weighted by atomic mass is 10.0. The maximum atomic E-state index is 14.0. The molecule has 2 rings (SSSR count). The average molecular weight is 447 g/mol. The molecule has 0 bridgehead atoms. The zero-order chi connectivity index (χ0) is 18.2. The fraction of sp³-hybridized carbons (Fsp3) is 0.150. The first-order valence-electron chi connectivity index (χ1n) is 7.50. The van der Waals surface area contributed by atoms with Gasteiger partial charge in [0.25, 0.3) is 0 Å². The monoisotopic (exact) mass is 447 g/mol. The van der Waals surface area contributed by atoms with Gasteiger partial charge in [0.15, 0.2) is 11.5 Å². The van der Waals surface area contributed by atoms with E-state index < -0.39 is 5.82 Å². The smallest absolute Gasteiger partial charge is 0.175 e. The fourth-order valence-electron chi connectivity index (χ4n) is 2.20. The van der Waals surface area contributed by atoms with Crippen molar-refractivity contribution in [3.63, 3.8) is 0 Å². The molecule has 0 heterocycles. The summed E-state index contributed by atoms with van der Waals surface area (Å²) in [6.07, 6.45) is 6.86. The summed E-state index contributed by atoms with van der Waals surface area (Å²) in [5.41, 5.74) is 1.19. The van der Waals surface area contributed by atoms with Crippen molar-refractivity contribution < 1.29 is 13.9 Å². The third-order valence-electron chi connectivity index (χ3n) is 3.23. The first kappa shape index (κ1) is 18.8. The van der Waals surface area contributed by atoms with Gasteiger partial charge in [-0.2, -0.15) is 5.26 Å². The van der Waals surface area contributed by atoms with E-state index in [2.05, 4.69) is 28.5 Å². The lowest BCUT2D eigenvalue weighted by molar-refractivity contribution is 0.297. The quantitative estimate of drug-likeness (QED) is 0.274. The second kappa shape index (κ2) is 9.10. The molecule has 5 heteroatoms. The van der Waals surface area contributed by atoms with Gasteiger partial charge >= 0.3 is 0 Å². The Morgan fingerprint density at radius 1 is 1.32 bits per heavy atom. The Morgan fingerprint density at radius 3 is 2.72 bits per heavy atom. The lowest BCUT2D eigenvalue weighted by Gasteiger charge is -2.13. The highest BCUT2D eigenvalue weighted by Gasteiger charge is 2.13. The van der Waals surface area contributed by atoms with Gasteiger partial charge in [-0.25, -0.2) is 4.39 Å². The molecule has 25 heavy (non-hydrogen) atoms. The van der Waals surface area contributed by atoms with Crippen LogP contribution in [0.1, 0.15) is 18.1 Å². The second-order valence-electron chi connectivity index (χ2n) is 4.91. The van der Waals surface area contributed by atoms with Gasteiger partial charge in [0.2, 0.25) is 0 Å².